The molecule has 2 nitrogen and oxygen atoms in total. The maximum atomic E-state index is 10.8. The molecule has 0 unspecified atom stereocenters. The van der Waals surface area contributed by atoms with Gasteiger partial charge in [-0.05, 0) is 36.1 Å². The van der Waals surface area contributed by atoms with Crippen LogP contribution < -0.4 is 0 Å². The molecule has 0 fully saturated rings. The van der Waals surface area contributed by atoms with E-state index in [9.17, 15) is 4.79 Å². The normalized spacial score (nSPS) is 10.5. The highest BCUT2D eigenvalue weighted by molar-refractivity contribution is 7.17. The fourth-order valence-electron chi connectivity index (χ4n) is 1.82. The number of unbranched alkanes of at least 4 members (excludes halogenated alkanes) is 1. The first kappa shape index (κ1) is 12.8. The molecule has 0 aliphatic rings. The van der Waals surface area contributed by atoms with Crippen LogP contribution in [0.5, 0.6) is 0 Å². The minimum atomic E-state index is -0.856. The Morgan fingerprint density at radius 3 is 2.44 bits per heavy atom. The van der Waals surface area contributed by atoms with Gasteiger partial charge in [0.15, 0.2) is 0 Å². The first-order chi connectivity index (χ1) is 8.70. The van der Waals surface area contributed by atoms with Crippen molar-refractivity contribution in [2.75, 3.05) is 0 Å². The van der Waals surface area contributed by atoms with Crippen molar-refractivity contribution in [2.45, 2.75) is 26.2 Å². The van der Waals surface area contributed by atoms with Crippen LogP contribution in [0.15, 0.2) is 36.4 Å². The molecular weight excluding hydrogens is 244 g/mol. The fourth-order valence-corrected chi connectivity index (χ4v) is 2.67. The first-order valence-corrected chi connectivity index (χ1v) is 6.95. The van der Waals surface area contributed by atoms with Crippen LogP contribution in [0.25, 0.3) is 10.4 Å². The van der Waals surface area contributed by atoms with E-state index in [1.54, 1.807) is 6.07 Å². The molecule has 3 heteroatoms. The number of hydrogen-bond donors (Lipinski definition) is 1. The van der Waals surface area contributed by atoms with Gasteiger partial charge < -0.3 is 5.11 Å². The molecule has 1 heterocycles. The van der Waals surface area contributed by atoms with Gasteiger partial charge >= 0.3 is 5.97 Å². The van der Waals surface area contributed by atoms with Gasteiger partial charge in [-0.3, -0.25) is 0 Å². The molecule has 0 spiro atoms. The number of hydrogen-bond acceptors (Lipinski definition) is 2. The quantitative estimate of drug-likeness (QED) is 0.862. The van der Waals surface area contributed by atoms with E-state index in [4.69, 9.17) is 5.11 Å². The summed E-state index contributed by atoms with van der Waals surface area (Å²) in [5.41, 5.74) is 2.43. The second-order valence-electron chi connectivity index (χ2n) is 4.27. The summed E-state index contributed by atoms with van der Waals surface area (Å²) in [5, 5.41) is 8.90. The number of aromatic carboxylic acids is 1. The molecule has 18 heavy (non-hydrogen) atoms. The number of aryl methyl sites for hydroxylation is 1. The van der Waals surface area contributed by atoms with Crippen LogP contribution in [0, 0.1) is 0 Å². The molecule has 0 atom stereocenters. The summed E-state index contributed by atoms with van der Waals surface area (Å²) in [4.78, 5) is 12.2. The third-order valence-electron chi connectivity index (χ3n) is 2.87. The Morgan fingerprint density at radius 2 is 1.89 bits per heavy atom. The SMILES string of the molecule is CCCCc1ccc(-c2ccc(C(=O)O)s2)cc1. The van der Waals surface area contributed by atoms with Crippen molar-refractivity contribution in [1.82, 2.24) is 0 Å². The van der Waals surface area contributed by atoms with E-state index in [0.29, 0.717) is 4.88 Å². The lowest BCUT2D eigenvalue weighted by molar-refractivity contribution is 0.0702. The maximum Gasteiger partial charge on any atom is 0.345 e. The Hall–Kier alpha value is -1.61. The van der Waals surface area contributed by atoms with Crippen LogP contribution in [-0.4, -0.2) is 11.1 Å². The van der Waals surface area contributed by atoms with Crippen molar-refractivity contribution in [3.05, 3.63) is 46.8 Å². The summed E-state index contributed by atoms with van der Waals surface area (Å²) < 4.78 is 0. The topological polar surface area (TPSA) is 37.3 Å². The predicted molar refractivity (Wildman–Crippen MR) is 75.3 cm³/mol. The average molecular weight is 260 g/mol. The number of carboxylic acids is 1. The zero-order valence-corrected chi connectivity index (χ0v) is 11.2. The van der Waals surface area contributed by atoms with Crippen LogP contribution in [0.1, 0.15) is 35.0 Å². The molecule has 0 saturated heterocycles. The number of thiophene rings is 1. The third-order valence-corrected chi connectivity index (χ3v) is 4.00. The zero-order chi connectivity index (χ0) is 13.0. The summed E-state index contributed by atoms with van der Waals surface area (Å²) in [5.74, 6) is -0.856. The van der Waals surface area contributed by atoms with Gasteiger partial charge in [0, 0.05) is 4.88 Å². The first-order valence-electron chi connectivity index (χ1n) is 6.13. The zero-order valence-electron chi connectivity index (χ0n) is 10.3. The fraction of sp³-hybridized carbons (Fsp3) is 0.267. The van der Waals surface area contributed by atoms with Crippen molar-refractivity contribution in [2.24, 2.45) is 0 Å². The summed E-state index contributed by atoms with van der Waals surface area (Å²) in [6.07, 6.45) is 3.53. The smallest absolute Gasteiger partial charge is 0.345 e. The molecule has 1 N–H and O–H groups in total. The standard InChI is InChI=1S/C15H16O2S/c1-2-3-4-11-5-7-12(8-6-11)13-9-10-14(18-13)15(16)17/h5-10H,2-4H2,1H3,(H,16,17). The number of carbonyl (C=O) groups is 1. The Bertz CT molecular complexity index is 526. The summed E-state index contributed by atoms with van der Waals surface area (Å²) in [7, 11) is 0. The largest absolute Gasteiger partial charge is 0.477 e. The highest BCUT2D eigenvalue weighted by atomic mass is 32.1. The van der Waals surface area contributed by atoms with Crippen LogP contribution >= 0.6 is 11.3 Å². The lowest BCUT2D eigenvalue weighted by Crippen LogP contribution is -1.89. The van der Waals surface area contributed by atoms with Crippen molar-refractivity contribution < 1.29 is 9.90 Å². The Labute approximate surface area is 111 Å². The van der Waals surface area contributed by atoms with Gasteiger partial charge in [-0.2, -0.15) is 0 Å². The van der Waals surface area contributed by atoms with Gasteiger partial charge in [-0.25, -0.2) is 4.79 Å². The van der Waals surface area contributed by atoms with Crippen LogP contribution in [0.3, 0.4) is 0 Å². The molecule has 1 aromatic carbocycles. The molecule has 2 aromatic rings. The van der Waals surface area contributed by atoms with Crippen molar-refractivity contribution in [3.8, 4) is 10.4 Å². The van der Waals surface area contributed by atoms with Crippen LogP contribution in [0.4, 0.5) is 0 Å². The molecule has 2 rings (SSSR count). The van der Waals surface area contributed by atoms with Gasteiger partial charge in [0.25, 0.3) is 0 Å². The van der Waals surface area contributed by atoms with Gasteiger partial charge in [0.1, 0.15) is 4.88 Å². The van der Waals surface area contributed by atoms with E-state index in [1.807, 2.05) is 6.07 Å². The number of rotatable bonds is 5. The van der Waals surface area contributed by atoms with E-state index < -0.39 is 5.97 Å². The second kappa shape index (κ2) is 5.83. The summed E-state index contributed by atoms with van der Waals surface area (Å²) in [6, 6.07) is 11.9. The lowest BCUT2D eigenvalue weighted by Gasteiger charge is -2.01. The minimum Gasteiger partial charge on any atom is -0.477 e. The molecular formula is C15H16O2S. The minimum absolute atomic E-state index is 0.389. The number of carboxylic acid groups (broad SMARTS) is 1. The maximum absolute atomic E-state index is 10.8. The Morgan fingerprint density at radius 1 is 1.17 bits per heavy atom. The van der Waals surface area contributed by atoms with Crippen molar-refractivity contribution in [1.29, 1.82) is 0 Å². The molecule has 0 bridgehead atoms. The summed E-state index contributed by atoms with van der Waals surface area (Å²) in [6.45, 7) is 2.19. The second-order valence-corrected chi connectivity index (χ2v) is 5.35. The molecule has 0 radical (unpaired) electrons. The van der Waals surface area contributed by atoms with Gasteiger partial charge in [0.2, 0.25) is 0 Å². The van der Waals surface area contributed by atoms with Gasteiger partial charge in [-0.15, -0.1) is 11.3 Å². The predicted octanol–water partition coefficient (Wildman–Crippen LogP) is 4.46. The highest BCUT2D eigenvalue weighted by Gasteiger charge is 2.08. The monoisotopic (exact) mass is 260 g/mol. The average Bonchev–Trinajstić information content (AvgIpc) is 2.87. The Kier molecular flexibility index (Phi) is 4.15. The highest BCUT2D eigenvalue weighted by Crippen LogP contribution is 2.28. The lowest BCUT2D eigenvalue weighted by atomic mass is 10.1. The molecule has 94 valence electrons. The van der Waals surface area contributed by atoms with Gasteiger partial charge in [0.05, 0.1) is 0 Å². The van der Waals surface area contributed by atoms with E-state index >= 15 is 0 Å². The van der Waals surface area contributed by atoms with E-state index in [2.05, 4.69) is 31.2 Å². The summed E-state index contributed by atoms with van der Waals surface area (Å²) >= 11 is 1.32. The van der Waals surface area contributed by atoms with E-state index in [1.165, 1.54) is 29.7 Å². The van der Waals surface area contributed by atoms with Crippen LogP contribution in [0.2, 0.25) is 0 Å². The molecule has 0 aliphatic carbocycles. The van der Waals surface area contributed by atoms with Crippen molar-refractivity contribution >= 4 is 17.3 Å². The molecule has 0 amide bonds. The Balaban J connectivity index is 2.15. The van der Waals surface area contributed by atoms with Gasteiger partial charge in [-0.1, -0.05) is 37.6 Å². The third kappa shape index (κ3) is 2.99. The van der Waals surface area contributed by atoms with E-state index in [0.717, 1.165) is 16.9 Å². The number of benzene rings is 1. The van der Waals surface area contributed by atoms with Crippen molar-refractivity contribution in [3.63, 3.8) is 0 Å². The van der Waals surface area contributed by atoms with Crippen LogP contribution in [-0.2, 0) is 6.42 Å². The van der Waals surface area contributed by atoms with E-state index in [-0.39, 0.29) is 0 Å². The molecule has 0 saturated carbocycles. The molecule has 0 aliphatic heterocycles. The molecule has 1 aromatic heterocycles.